The van der Waals surface area contributed by atoms with E-state index in [1.54, 1.807) is 0 Å². The van der Waals surface area contributed by atoms with Crippen molar-refractivity contribution in [1.29, 1.82) is 0 Å². The monoisotopic (exact) mass is 139 g/mol. The number of hydrogen-bond acceptors (Lipinski definition) is 2. The van der Waals surface area contributed by atoms with Crippen LogP contribution in [0.3, 0.4) is 0 Å². The topological polar surface area (TPSA) is 23.5 Å². The average molecular weight is 139 g/mol. The van der Waals surface area contributed by atoms with Crippen molar-refractivity contribution < 1.29 is 5.11 Å². The molecule has 1 unspecified atom stereocenters. The lowest BCUT2D eigenvalue weighted by atomic mass is 10.1. The van der Waals surface area contributed by atoms with E-state index in [1.807, 2.05) is 6.08 Å². The first kappa shape index (κ1) is 6.23. The van der Waals surface area contributed by atoms with Gasteiger partial charge < -0.3 is 5.11 Å². The van der Waals surface area contributed by atoms with Crippen LogP contribution in [0.4, 0.5) is 0 Å². The molecule has 0 aromatic heterocycles. The van der Waals surface area contributed by atoms with E-state index >= 15 is 0 Å². The van der Waals surface area contributed by atoms with Crippen molar-refractivity contribution in [3.05, 3.63) is 11.8 Å². The quantitative estimate of drug-likeness (QED) is 0.546. The van der Waals surface area contributed by atoms with E-state index in [0.29, 0.717) is 11.8 Å². The minimum Gasteiger partial charge on any atom is -0.513 e. The molecule has 0 bridgehead atoms. The molecule has 0 amide bonds. The fourth-order valence-electron chi connectivity index (χ4n) is 1.91. The number of rotatable bonds is 0. The van der Waals surface area contributed by atoms with Crippen LogP contribution in [0.1, 0.15) is 19.3 Å². The second kappa shape index (κ2) is 2.27. The summed E-state index contributed by atoms with van der Waals surface area (Å²) in [5, 5.41) is 9.19. The van der Waals surface area contributed by atoms with Crippen molar-refractivity contribution in [3.63, 3.8) is 0 Å². The van der Waals surface area contributed by atoms with Crippen LogP contribution in [0.2, 0.25) is 0 Å². The van der Waals surface area contributed by atoms with Crippen LogP contribution < -0.4 is 0 Å². The standard InChI is InChI=1S/C8H13NO/c10-8-3-5-9-4-1-2-7(9)6-8/h3,7,10H,1-2,4-6H2. The van der Waals surface area contributed by atoms with Gasteiger partial charge in [0, 0.05) is 19.0 Å². The smallest absolute Gasteiger partial charge is 0.0911 e. The molecule has 0 spiro atoms. The van der Waals surface area contributed by atoms with Crippen molar-refractivity contribution >= 4 is 0 Å². The van der Waals surface area contributed by atoms with Crippen LogP contribution in [0, 0.1) is 0 Å². The second-order valence-corrected chi connectivity index (χ2v) is 3.19. The molecule has 0 aromatic carbocycles. The van der Waals surface area contributed by atoms with Gasteiger partial charge in [0.15, 0.2) is 0 Å². The molecule has 2 aliphatic rings. The first-order chi connectivity index (χ1) is 4.86. The summed E-state index contributed by atoms with van der Waals surface area (Å²) in [5.41, 5.74) is 0. The lowest BCUT2D eigenvalue weighted by Crippen LogP contribution is -2.33. The van der Waals surface area contributed by atoms with Crippen molar-refractivity contribution in [3.8, 4) is 0 Å². The molecule has 2 nitrogen and oxygen atoms in total. The maximum Gasteiger partial charge on any atom is 0.0911 e. The number of fused-ring (bicyclic) bond motifs is 1. The second-order valence-electron chi connectivity index (χ2n) is 3.19. The van der Waals surface area contributed by atoms with Crippen molar-refractivity contribution in [1.82, 2.24) is 4.90 Å². The predicted molar refractivity (Wildman–Crippen MR) is 39.9 cm³/mol. The zero-order valence-corrected chi connectivity index (χ0v) is 6.08. The molecule has 56 valence electrons. The molecule has 1 N–H and O–H groups in total. The summed E-state index contributed by atoms with van der Waals surface area (Å²) in [6, 6.07) is 0.657. The fraction of sp³-hybridized carbons (Fsp3) is 0.750. The zero-order valence-electron chi connectivity index (χ0n) is 6.08. The Morgan fingerprint density at radius 2 is 2.50 bits per heavy atom. The van der Waals surface area contributed by atoms with E-state index in [2.05, 4.69) is 4.90 Å². The van der Waals surface area contributed by atoms with Gasteiger partial charge in [-0.2, -0.15) is 0 Å². The van der Waals surface area contributed by atoms with Gasteiger partial charge in [0.2, 0.25) is 0 Å². The predicted octanol–water partition coefficient (Wildman–Crippen LogP) is 1.30. The van der Waals surface area contributed by atoms with Crippen LogP contribution in [-0.2, 0) is 0 Å². The van der Waals surface area contributed by atoms with E-state index in [9.17, 15) is 5.11 Å². The summed E-state index contributed by atoms with van der Waals surface area (Å²) >= 11 is 0. The average Bonchev–Trinajstić information content (AvgIpc) is 2.33. The van der Waals surface area contributed by atoms with Gasteiger partial charge in [-0.25, -0.2) is 0 Å². The molecule has 0 aromatic rings. The Hall–Kier alpha value is -0.500. The number of nitrogens with zero attached hydrogens (tertiary/aromatic N) is 1. The number of aliphatic hydroxyl groups excluding tert-OH is 1. The summed E-state index contributed by atoms with van der Waals surface area (Å²) < 4.78 is 0. The Kier molecular flexibility index (Phi) is 1.42. The summed E-state index contributed by atoms with van der Waals surface area (Å²) in [4.78, 5) is 2.44. The van der Waals surface area contributed by atoms with Gasteiger partial charge in [-0.05, 0) is 25.5 Å². The molecule has 2 aliphatic heterocycles. The van der Waals surface area contributed by atoms with Gasteiger partial charge in [-0.15, -0.1) is 0 Å². The summed E-state index contributed by atoms with van der Waals surface area (Å²) in [7, 11) is 0. The molecule has 2 heterocycles. The number of hydrogen-bond donors (Lipinski definition) is 1. The summed E-state index contributed by atoms with van der Waals surface area (Å²) in [6.45, 7) is 2.20. The molecule has 1 fully saturated rings. The van der Waals surface area contributed by atoms with Crippen LogP contribution in [0.15, 0.2) is 11.8 Å². The lowest BCUT2D eigenvalue weighted by Gasteiger charge is -2.26. The molecule has 10 heavy (non-hydrogen) atoms. The number of aliphatic hydroxyl groups is 1. The maximum absolute atomic E-state index is 9.19. The largest absolute Gasteiger partial charge is 0.513 e. The van der Waals surface area contributed by atoms with Gasteiger partial charge in [0.1, 0.15) is 0 Å². The minimum absolute atomic E-state index is 0.600. The Balaban J connectivity index is 2.08. The van der Waals surface area contributed by atoms with Gasteiger partial charge in [-0.3, -0.25) is 4.90 Å². The Morgan fingerprint density at radius 3 is 3.40 bits per heavy atom. The zero-order chi connectivity index (χ0) is 6.97. The third-order valence-electron chi connectivity index (χ3n) is 2.51. The first-order valence-electron chi connectivity index (χ1n) is 3.98. The van der Waals surface area contributed by atoms with Crippen molar-refractivity contribution in [2.45, 2.75) is 25.3 Å². The molecular weight excluding hydrogens is 126 g/mol. The highest BCUT2D eigenvalue weighted by Gasteiger charge is 2.26. The third-order valence-corrected chi connectivity index (χ3v) is 2.51. The normalized spacial score (nSPS) is 33.6. The van der Waals surface area contributed by atoms with Gasteiger partial charge in [-0.1, -0.05) is 0 Å². The molecular formula is C8H13NO. The maximum atomic E-state index is 9.19. The van der Waals surface area contributed by atoms with Crippen molar-refractivity contribution in [2.24, 2.45) is 0 Å². The highest BCUT2D eigenvalue weighted by molar-refractivity contribution is 5.03. The highest BCUT2D eigenvalue weighted by Crippen LogP contribution is 2.25. The van der Waals surface area contributed by atoms with E-state index in [4.69, 9.17) is 0 Å². The Labute approximate surface area is 61.1 Å². The van der Waals surface area contributed by atoms with Gasteiger partial charge in [0.05, 0.1) is 5.76 Å². The van der Waals surface area contributed by atoms with E-state index in [-0.39, 0.29) is 0 Å². The van der Waals surface area contributed by atoms with Crippen LogP contribution in [-0.4, -0.2) is 29.1 Å². The minimum atomic E-state index is 0.600. The molecule has 1 atom stereocenters. The lowest BCUT2D eigenvalue weighted by molar-refractivity contribution is 0.226. The Bertz CT molecular complexity index is 165. The summed E-state index contributed by atoms with van der Waals surface area (Å²) in [6.07, 6.45) is 5.41. The van der Waals surface area contributed by atoms with Gasteiger partial charge in [0.25, 0.3) is 0 Å². The third kappa shape index (κ3) is 0.926. The van der Waals surface area contributed by atoms with E-state index in [1.165, 1.54) is 19.4 Å². The van der Waals surface area contributed by atoms with Crippen LogP contribution >= 0.6 is 0 Å². The van der Waals surface area contributed by atoms with E-state index < -0.39 is 0 Å². The molecule has 1 saturated heterocycles. The fourth-order valence-corrected chi connectivity index (χ4v) is 1.91. The van der Waals surface area contributed by atoms with Crippen molar-refractivity contribution in [2.75, 3.05) is 13.1 Å². The first-order valence-corrected chi connectivity index (χ1v) is 3.98. The van der Waals surface area contributed by atoms with Crippen LogP contribution in [0.5, 0.6) is 0 Å². The van der Waals surface area contributed by atoms with E-state index in [0.717, 1.165) is 13.0 Å². The molecule has 0 radical (unpaired) electrons. The molecule has 0 aliphatic carbocycles. The summed E-state index contributed by atoms with van der Waals surface area (Å²) in [5.74, 6) is 0.600. The molecule has 0 saturated carbocycles. The molecule has 2 heteroatoms. The van der Waals surface area contributed by atoms with Crippen LogP contribution in [0.25, 0.3) is 0 Å². The molecule has 2 rings (SSSR count). The Morgan fingerprint density at radius 1 is 1.60 bits per heavy atom. The highest BCUT2D eigenvalue weighted by atomic mass is 16.3. The SMILES string of the molecule is OC1=CCN2CCCC2C1. The van der Waals surface area contributed by atoms with Gasteiger partial charge >= 0.3 is 0 Å².